The summed E-state index contributed by atoms with van der Waals surface area (Å²) in [6.45, 7) is 6.98. The molecule has 0 atom stereocenters. The van der Waals surface area contributed by atoms with Gasteiger partial charge in [-0.3, -0.25) is 15.2 Å². The van der Waals surface area contributed by atoms with Gasteiger partial charge in [0.2, 0.25) is 0 Å². The van der Waals surface area contributed by atoms with E-state index in [1.165, 1.54) is 24.3 Å². The second-order valence-corrected chi connectivity index (χ2v) is 3.25. The molecule has 2 aromatic rings. The van der Waals surface area contributed by atoms with Crippen molar-refractivity contribution in [2.45, 2.75) is 0 Å². The van der Waals surface area contributed by atoms with Crippen molar-refractivity contribution >= 4 is 17.2 Å². The maximum atomic E-state index is 10.5. The van der Waals surface area contributed by atoms with Gasteiger partial charge < -0.3 is 5.73 Å². The monoisotopic (exact) mass is 229 g/mol. The van der Waals surface area contributed by atoms with E-state index in [0.29, 0.717) is 11.3 Å². The number of nitro benzene ring substituents is 1. The van der Waals surface area contributed by atoms with Crippen LogP contribution in [0.25, 0.3) is 16.1 Å². The first-order valence-electron chi connectivity index (χ1n) is 4.59. The first kappa shape index (κ1) is 10.6. The highest BCUT2D eigenvalue weighted by Gasteiger charge is 2.14. The molecule has 17 heavy (non-hydrogen) atoms. The van der Waals surface area contributed by atoms with Gasteiger partial charge in [0.05, 0.1) is 11.5 Å². The summed E-state index contributed by atoms with van der Waals surface area (Å²) in [5.41, 5.74) is 6.74. The number of hydrogen-bond acceptors (Lipinski definition) is 4. The minimum Gasteiger partial charge on any atom is -0.393 e. The van der Waals surface area contributed by atoms with Crippen LogP contribution in [0.1, 0.15) is 0 Å². The van der Waals surface area contributed by atoms with E-state index >= 15 is 0 Å². The lowest BCUT2D eigenvalue weighted by molar-refractivity contribution is -0.384. The first-order valence-corrected chi connectivity index (χ1v) is 4.59. The number of hydrogen-bond donors (Lipinski definition) is 2. The van der Waals surface area contributed by atoms with Crippen LogP contribution in [-0.4, -0.2) is 15.1 Å². The molecule has 0 aliphatic carbocycles. The summed E-state index contributed by atoms with van der Waals surface area (Å²) < 4.78 is 0. The van der Waals surface area contributed by atoms with Crippen LogP contribution < -0.4 is 5.73 Å². The summed E-state index contributed by atoms with van der Waals surface area (Å²) in [5.74, 6) is 0.188. The highest BCUT2D eigenvalue weighted by atomic mass is 16.6. The molecule has 1 aromatic carbocycles. The standard InChI is InChI=1S/C10H7N5O2/c1-12-9-8(13-14-10(9)11)6-2-4-7(5-3-6)15(16)17/h2-5H,(H3,11,13,14). The van der Waals surface area contributed by atoms with Crippen LogP contribution in [-0.2, 0) is 0 Å². The van der Waals surface area contributed by atoms with Gasteiger partial charge in [-0.1, -0.05) is 0 Å². The quantitative estimate of drug-likeness (QED) is 0.467. The molecule has 7 nitrogen and oxygen atoms in total. The molecule has 0 saturated heterocycles. The van der Waals surface area contributed by atoms with Crippen molar-refractivity contribution in [1.29, 1.82) is 0 Å². The third kappa shape index (κ3) is 1.79. The summed E-state index contributed by atoms with van der Waals surface area (Å²) in [7, 11) is 0. The topological polar surface area (TPSA) is 102 Å². The Balaban J connectivity index is 2.47. The highest BCUT2D eigenvalue weighted by Crippen LogP contribution is 2.33. The van der Waals surface area contributed by atoms with E-state index in [1.807, 2.05) is 0 Å². The Bertz CT molecular complexity index is 609. The number of aromatic nitrogens is 2. The second kappa shape index (κ2) is 3.94. The minimum absolute atomic E-state index is 0.0124. The van der Waals surface area contributed by atoms with Gasteiger partial charge in [0.25, 0.3) is 11.4 Å². The largest absolute Gasteiger partial charge is 0.393 e. The van der Waals surface area contributed by atoms with E-state index in [2.05, 4.69) is 15.0 Å². The van der Waals surface area contributed by atoms with Crippen molar-refractivity contribution in [2.75, 3.05) is 5.73 Å². The highest BCUT2D eigenvalue weighted by molar-refractivity contribution is 5.82. The molecule has 7 heteroatoms. The van der Waals surface area contributed by atoms with Gasteiger partial charge in [-0.05, 0) is 17.7 Å². The molecule has 1 heterocycles. The maximum Gasteiger partial charge on any atom is 0.269 e. The number of aromatic amines is 1. The van der Waals surface area contributed by atoms with Crippen LogP contribution in [0, 0.1) is 16.7 Å². The van der Waals surface area contributed by atoms with Crippen molar-refractivity contribution in [3.05, 3.63) is 45.8 Å². The van der Waals surface area contributed by atoms with Crippen LogP contribution in [0.5, 0.6) is 0 Å². The van der Waals surface area contributed by atoms with Crippen molar-refractivity contribution in [3.8, 4) is 11.3 Å². The number of nitrogens with one attached hydrogen (secondary N) is 1. The third-order valence-corrected chi connectivity index (χ3v) is 2.23. The van der Waals surface area contributed by atoms with Crippen molar-refractivity contribution in [2.24, 2.45) is 0 Å². The molecular formula is C10H7N5O2. The number of nitrogens with zero attached hydrogens (tertiary/aromatic N) is 3. The normalized spacial score (nSPS) is 9.82. The second-order valence-electron chi connectivity index (χ2n) is 3.25. The number of nitro groups is 1. The zero-order chi connectivity index (χ0) is 12.4. The van der Waals surface area contributed by atoms with Crippen LogP contribution in [0.3, 0.4) is 0 Å². The van der Waals surface area contributed by atoms with Crippen molar-refractivity contribution in [1.82, 2.24) is 10.2 Å². The van der Waals surface area contributed by atoms with Gasteiger partial charge in [0.1, 0.15) is 11.5 Å². The zero-order valence-corrected chi connectivity index (χ0v) is 8.54. The smallest absolute Gasteiger partial charge is 0.269 e. The van der Waals surface area contributed by atoms with Gasteiger partial charge in [-0.25, -0.2) is 4.85 Å². The molecule has 0 unspecified atom stereocenters. The number of anilines is 1. The number of non-ortho nitro benzene ring substituents is 1. The Hall–Kier alpha value is -2.88. The molecule has 3 N–H and O–H groups in total. The lowest BCUT2D eigenvalue weighted by atomic mass is 10.1. The van der Waals surface area contributed by atoms with Gasteiger partial charge in [-0.15, -0.1) is 0 Å². The fourth-order valence-corrected chi connectivity index (χ4v) is 1.41. The molecule has 0 aliphatic rings. The predicted octanol–water partition coefficient (Wildman–Crippen LogP) is 2.12. The number of nitrogens with two attached hydrogens (primary N) is 1. The van der Waals surface area contributed by atoms with E-state index in [4.69, 9.17) is 12.3 Å². The van der Waals surface area contributed by atoms with Crippen LogP contribution >= 0.6 is 0 Å². The summed E-state index contributed by atoms with van der Waals surface area (Å²) in [4.78, 5) is 13.3. The molecule has 0 radical (unpaired) electrons. The SMILES string of the molecule is [C-]#[N+]c1c(-c2ccc([N+](=O)[O-])cc2)n[nH]c1N. The van der Waals surface area contributed by atoms with Crippen molar-refractivity contribution in [3.63, 3.8) is 0 Å². The Morgan fingerprint density at radius 2 is 2.06 bits per heavy atom. The van der Waals surface area contributed by atoms with Crippen LogP contribution in [0.4, 0.5) is 17.2 Å². The summed E-state index contributed by atoms with van der Waals surface area (Å²) >= 11 is 0. The Kier molecular flexibility index (Phi) is 2.46. The van der Waals surface area contributed by atoms with E-state index in [0.717, 1.165) is 0 Å². The molecule has 0 amide bonds. The molecular weight excluding hydrogens is 222 g/mol. The van der Waals surface area contributed by atoms with E-state index in [9.17, 15) is 10.1 Å². The predicted molar refractivity (Wildman–Crippen MR) is 61.4 cm³/mol. The summed E-state index contributed by atoms with van der Waals surface area (Å²) in [6.07, 6.45) is 0. The number of benzene rings is 1. The van der Waals surface area contributed by atoms with Crippen molar-refractivity contribution < 1.29 is 4.92 Å². The molecule has 0 aliphatic heterocycles. The average Bonchev–Trinajstić information content (AvgIpc) is 2.70. The summed E-state index contributed by atoms with van der Waals surface area (Å²) in [5, 5.41) is 16.9. The van der Waals surface area contributed by atoms with Gasteiger partial charge in [-0.2, -0.15) is 5.10 Å². The number of H-pyrrole nitrogens is 1. The molecule has 84 valence electrons. The molecule has 2 rings (SSSR count). The summed E-state index contributed by atoms with van der Waals surface area (Å²) in [6, 6.07) is 5.77. The molecule has 0 bridgehead atoms. The van der Waals surface area contributed by atoms with E-state index < -0.39 is 4.92 Å². The number of rotatable bonds is 2. The fraction of sp³-hybridized carbons (Fsp3) is 0. The van der Waals surface area contributed by atoms with Crippen LogP contribution in [0.2, 0.25) is 0 Å². The molecule has 0 saturated carbocycles. The van der Waals surface area contributed by atoms with E-state index in [-0.39, 0.29) is 17.2 Å². The van der Waals surface area contributed by atoms with Gasteiger partial charge in [0, 0.05) is 12.1 Å². The first-order chi connectivity index (χ1) is 8.13. The number of nitrogen functional groups attached to an aromatic ring is 1. The Morgan fingerprint density at radius 1 is 1.41 bits per heavy atom. The minimum atomic E-state index is -0.488. The zero-order valence-electron chi connectivity index (χ0n) is 8.54. The fourth-order valence-electron chi connectivity index (χ4n) is 1.41. The van der Waals surface area contributed by atoms with Crippen LogP contribution in [0.15, 0.2) is 24.3 Å². The Morgan fingerprint density at radius 3 is 2.59 bits per heavy atom. The third-order valence-electron chi connectivity index (χ3n) is 2.23. The molecule has 0 fully saturated rings. The van der Waals surface area contributed by atoms with Gasteiger partial charge in [0.15, 0.2) is 0 Å². The van der Waals surface area contributed by atoms with Gasteiger partial charge >= 0.3 is 0 Å². The molecule has 1 aromatic heterocycles. The van der Waals surface area contributed by atoms with E-state index in [1.54, 1.807) is 0 Å². The average molecular weight is 229 g/mol. The Labute approximate surface area is 95.8 Å². The lowest BCUT2D eigenvalue weighted by Gasteiger charge is -1.97. The molecule has 0 spiro atoms. The lowest BCUT2D eigenvalue weighted by Crippen LogP contribution is -1.87. The maximum absolute atomic E-state index is 10.5.